The highest BCUT2D eigenvalue weighted by Gasteiger charge is 2.31. The van der Waals surface area contributed by atoms with E-state index in [1.807, 2.05) is 0 Å². The summed E-state index contributed by atoms with van der Waals surface area (Å²) >= 11 is 0. The standard InChI is InChI=1S/C16H10N2O7S/c19-17(20)7-5-11-1-3-13-15(9-11)26(23,24)16-10-12(6-8-18(21)22)2-4-14(16)25-13/h1-10H/b7-5+,8-6+. The molecule has 0 saturated carbocycles. The Morgan fingerprint density at radius 2 is 1.23 bits per heavy atom. The molecule has 0 spiro atoms. The second-order valence-corrected chi connectivity index (χ2v) is 7.11. The molecule has 2 aromatic carbocycles. The number of rotatable bonds is 4. The predicted octanol–water partition coefficient (Wildman–Crippen LogP) is 3.12. The van der Waals surface area contributed by atoms with Gasteiger partial charge in [-0.25, -0.2) is 8.42 Å². The first-order chi connectivity index (χ1) is 12.3. The largest absolute Gasteiger partial charge is 0.455 e. The summed E-state index contributed by atoms with van der Waals surface area (Å²) in [6.07, 6.45) is 3.74. The minimum atomic E-state index is -3.96. The first kappa shape index (κ1) is 17.3. The maximum Gasteiger partial charge on any atom is 0.235 e. The summed E-state index contributed by atoms with van der Waals surface area (Å²) in [5.74, 6) is 0.202. The van der Waals surface area contributed by atoms with Gasteiger partial charge in [0.1, 0.15) is 21.3 Å². The van der Waals surface area contributed by atoms with Crippen molar-refractivity contribution in [1.82, 2.24) is 0 Å². The van der Waals surface area contributed by atoms with E-state index in [4.69, 9.17) is 4.74 Å². The molecule has 1 aliphatic rings. The van der Waals surface area contributed by atoms with E-state index in [-0.39, 0.29) is 21.3 Å². The number of hydrogen-bond acceptors (Lipinski definition) is 7. The van der Waals surface area contributed by atoms with Crippen LogP contribution in [0.25, 0.3) is 12.2 Å². The molecule has 0 atom stereocenters. The Morgan fingerprint density at radius 3 is 1.62 bits per heavy atom. The Morgan fingerprint density at radius 1 is 0.808 bits per heavy atom. The van der Waals surface area contributed by atoms with Crippen molar-refractivity contribution in [2.45, 2.75) is 9.79 Å². The van der Waals surface area contributed by atoms with Gasteiger partial charge in [0.2, 0.25) is 22.2 Å². The Kier molecular flexibility index (Phi) is 4.26. The second kappa shape index (κ2) is 6.41. The zero-order chi connectivity index (χ0) is 18.9. The van der Waals surface area contributed by atoms with Gasteiger partial charge in [0.15, 0.2) is 0 Å². The van der Waals surface area contributed by atoms with Crippen LogP contribution < -0.4 is 4.74 Å². The van der Waals surface area contributed by atoms with Gasteiger partial charge in [-0.3, -0.25) is 20.2 Å². The first-order valence-electron chi connectivity index (χ1n) is 7.12. The molecule has 1 heterocycles. The normalized spacial score (nSPS) is 14.6. The zero-order valence-corrected chi connectivity index (χ0v) is 13.8. The van der Waals surface area contributed by atoms with Gasteiger partial charge in [-0.05, 0) is 35.4 Å². The van der Waals surface area contributed by atoms with Crippen molar-refractivity contribution in [1.29, 1.82) is 0 Å². The van der Waals surface area contributed by atoms with Crippen LogP contribution in [0.3, 0.4) is 0 Å². The fraction of sp³-hybridized carbons (Fsp3) is 0. The second-order valence-electron chi connectivity index (χ2n) is 5.22. The molecule has 0 aliphatic carbocycles. The van der Waals surface area contributed by atoms with Crippen molar-refractivity contribution < 1.29 is 23.0 Å². The lowest BCUT2D eigenvalue weighted by molar-refractivity contribution is -0.401. The summed E-state index contributed by atoms with van der Waals surface area (Å²) in [7, 11) is -3.96. The first-order valence-corrected chi connectivity index (χ1v) is 8.60. The lowest BCUT2D eigenvalue weighted by atomic mass is 10.2. The van der Waals surface area contributed by atoms with Crippen LogP contribution in [0.4, 0.5) is 0 Å². The molecule has 10 heteroatoms. The molecule has 0 aromatic heterocycles. The van der Waals surface area contributed by atoms with E-state index in [1.165, 1.54) is 48.6 Å². The van der Waals surface area contributed by atoms with Crippen molar-refractivity contribution in [3.63, 3.8) is 0 Å². The molecule has 0 bridgehead atoms. The average Bonchev–Trinajstić information content (AvgIpc) is 2.59. The van der Waals surface area contributed by atoms with Crippen LogP contribution in [0.2, 0.25) is 0 Å². The molecule has 132 valence electrons. The van der Waals surface area contributed by atoms with Crippen LogP contribution in [0.1, 0.15) is 11.1 Å². The highest BCUT2D eigenvalue weighted by molar-refractivity contribution is 7.91. The van der Waals surface area contributed by atoms with Crippen LogP contribution in [0.5, 0.6) is 11.5 Å². The Balaban J connectivity index is 2.08. The number of hydrogen-bond donors (Lipinski definition) is 0. The monoisotopic (exact) mass is 374 g/mol. The van der Waals surface area contributed by atoms with E-state index in [2.05, 4.69) is 0 Å². The molecule has 2 aromatic rings. The predicted molar refractivity (Wildman–Crippen MR) is 90.5 cm³/mol. The summed E-state index contributed by atoms with van der Waals surface area (Å²) in [4.78, 5) is 19.3. The van der Waals surface area contributed by atoms with Gasteiger partial charge in [0.05, 0.1) is 9.85 Å². The molecule has 0 amide bonds. The third-order valence-electron chi connectivity index (χ3n) is 3.51. The topological polar surface area (TPSA) is 130 Å². The van der Waals surface area contributed by atoms with Crippen molar-refractivity contribution in [3.05, 3.63) is 80.2 Å². The minimum Gasteiger partial charge on any atom is -0.455 e. The van der Waals surface area contributed by atoms with Crippen LogP contribution in [0.15, 0.2) is 58.6 Å². The van der Waals surface area contributed by atoms with Gasteiger partial charge in [-0.15, -0.1) is 0 Å². The SMILES string of the molecule is O=[N+]([O-])/C=C/c1ccc2c(c1)S(=O)(=O)c1cc(/C=C/[N+](=O)[O-])ccc1O2. The number of benzene rings is 2. The summed E-state index contributed by atoms with van der Waals surface area (Å²) < 4.78 is 31.3. The molecule has 0 fully saturated rings. The van der Waals surface area contributed by atoms with Crippen LogP contribution in [-0.2, 0) is 9.84 Å². The average molecular weight is 374 g/mol. The Bertz CT molecular complexity index is 1010. The fourth-order valence-electron chi connectivity index (χ4n) is 2.38. The quantitative estimate of drug-likeness (QED) is 0.506. The van der Waals surface area contributed by atoms with E-state index >= 15 is 0 Å². The molecule has 9 nitrogen and oxygen atoms in total. The molecule has 0 radical (unpaired) electrons. The maximum absolute atomic E-state index is 12.9. The molecule has 26 heavy (non-hydrogen) atoms. The maximum atomic E-state index is 12.9. The number of nitro groups is 2. The van der Waals surface area contributed by atoms with Crippen molar-refractivity contribution >= 4 is 22.0 Å². The van der Waals surface area contributed by atoms with Gasteiger partial charge >= 0.3 is 0 Å². The van der Waals surface area contributed by atoms with Gasteiger partial charge in [0.25, 0.3) is 0 Å². The van der Waals surface area contributed by atoms with Crippen LogP contribution in [0, 0.1) is 20.2 Å². The molecule has 0 N–H and O–H groups in total. The molecule has 0 saturated heterocycles. The summed E-state index contributed by atoms with van der Waals surface area (Å²) in [5, 5.41) is 20.8. The fourth-order valence-corrected chi connectivity index (χ4v) is 3.94. The van der Waals surface area contributed by atoms with Crippen molar-refractivity contribution in [2.75, 3.05) is 0 Å². The molecule has 3 rings (SSSR count). The van der Waals surface area contributed by atoms with Gasteiger partial charge in [0, 0.05) is 12.2 Å². The summed E-state index contributed by atoms with van der Waals surface area (Å²) in [5.41, 5.74) is 0.640. The Labute approximate surface area is 147 Å². The van der Waals surface area contributed by atoms with Gasteiger partial charge < -0.3 is 4.74 Å². The van der Waals surface area contributed by atoms with Crippen LogP contribution in [-0.4, -0.2) is 18.3 Å². The van der Waals surface area contributed by atoms with Gasteiger partial charge in [-0.2, -0.15) is 0 Å². The van der Waals surface area contributed by atoms with E-state index in [0.717, 1.165) is 0 Å². The lowest BCUT2D eigenvalue weighted by Crippen LogP contribution is -2.11. The number of fused-ring (bicyclic) bond motifs is 2. The van der Waals surface area contributed by atoms with E-state index in [0.29, 0.717) is 23.5 Å². The third kappa shape index (κ3) is 3.30. The zero-order valence-electron chi connectivity index (χ0n) is 12.9. The number of nitrogens with zero attached hydrogens (tertiary/aromatic N) is 2. The van der Waals surface area contributed by atoms with E-state index in [9.17, 15) is 28.6 Å². The van der Waals surface area contributed by atoms with E-state index in [1.54, 1.807) is 0 Å². The summed E-state index contributed by atoms with van der Waals surface area (Å²) in [6, 6.07) is 8.35. The van der Waals surface area contributed by atoms with Gasteiger partial charge in [-0.1, -0.05) is 12.1 Å². The highest BCUT2D eigenvalue weighted by atomic mass is 32.2. The summed E-state index contributed by atoms with van der Waals surface area (Å²) in [6.45, 7) is 0. The smallest absolute Gasteiger partial charge is 0.235 e. The number of sulfone groups is 1. The molecule has 1 aliphatic heterocycles. The molecular weight excluding hydrogens is 364 g/mol. The molecular formula is C16H10N2O7S. The van der Waals surface area contributed by atoms with E-state index < -0.39 is 19.7 Å². The van der Waals surface area contributed by atoms with Crippen LogP contribution >= 0.6 is 0 Å². The van der Waals surface area contributed by atoms with Crippen molar-refractivity contribution in [2.24, 2.45) is 0 Å². The minimum absolute atomic E-state index is 0.101. The Hall–Kier alpha value is -3.53. The lowest BCUT2D eigenvalue weighted by Gasteiger charge is -2.20. The van der Waals surface area contributed by atoms with Crippen molar-refractivity contribution in [3.8, 4) is 11.5 Å². The number of ether oxygens (including phenoxy) is 1. The molecule has 0 unspecified atom stereocenters. The third-order valence-corrected chi connectivity index (χ3v) is 5.31. The highest BCUT2D eigenvalue weighted by Crippen LogP contribution is 2.43.